The average Bonchev–Trinajstić information content (AvgIpc) is 3.22. The molecule has 0 fully saturated rings. The highest BCUT2D eigenvalue weighted by Gasteiger charge is 2.19. The van der Waals surface area contributed by atoms with Crippen molar-refractivity contribution in [3.8, 4) is 0 Å². The van der Waals surface area contributed by atoms with Gasteiger partial charge in [-0.15, -0.1) is 0 Å². The van der Waals surface area contributed by atoms with Crippen LogP contribution in [0.2, 0.25) is 0 Å². The molecule has 0 rings (SSSR count). The fraction of sp³-hybridized carbons (Fsp3) is 0.712. The summed E-state index contributed by atoms with van der Waals surface area (Å²) < 4.78 is 16.7. The first-order valence-corrected chi connectivity index (χ1v) is 23.9. The predicted molar refractivity (Wildman–Crippen MR) is 247 cm³/mol. The summed E-state index contributed by atoms with van der Waals surface area (Å²) in [5.41, 5.74) is 0. The van der Waals surface area contributed by atoms with Gasteiger partial charge in [0.1, 0.15) is 13.2 Å². The highest BCUT2D eigenvalue weighted by Crippen LogP contribution is 2.13. The molecule has 332 valence electrons. The van der Waals surface area contributed by atoms with Gasteiger partial charge in [0.15, 0.2) is 6.10 Å². The molecule has 0 N–H and O–H groups in total. The first kappa shape index (κ1) is 54.9. The third-order valence-corrected chi connectivity index (χ3v) is 9.95. The Hall–Kier alpha value is -3.15. The first-order valence-electron chi connectivity index (χ1n) is 23.9. The van der Waals surface area contributed by atoms with Crippen molar-refractivity contribution >= 4 is 17.9 Å². The van der Waals surface area contributed by atoms with Gasteiger partial charge in [-0.25, -0.2) is 0 Å². The zero-order valence-electron chi connectivity index (χ0n) is 37.8. The van der Waals surface area contributed by atoms with Crippen LogP contribution in [0.25, 0.3) is 0 Å². The molecule has 0 aliphatic rings. The second kappa shape index (κ2) is 46.5. The van der Waals surface area contributed by atoms with E-state index in [4.69, 9.17) is 14.2 Å². The Morgan fingerprint density at radius 2 is 0.672 bits per heavy atom. The van der Waals surface area contributed by atoms with E-state index in [1.807, 2.05) is 0 Å². The Kier molecular flexibility index (Phi) is 44.0. The first-order chi connectivity index (χ1) is 28.5. The van der Waals surface area contributed by atoms with Crippen LogP contribution in [0.1, 0.15) is 220 Å². The molecule has 0 aromatic rings. The average molecular weight is 809 g/mol. The standard InChI is InChI=1S/C52H88O6/c1-4-7-10-13-16-19-21-23-24-25-26-27-28-29-31-33-36-39-42-45-51(54)57-48-49(47-56-50(53)44-41-38-35-32-18-15-12-9-6-3)58-52(55)46-43-40-37-34-30-22-20-17-14-11-8-5-2/h7,10,16-17,19-20,23-24,26-27,29,31,49H,4-6,8-9,11-15,18,21-22,25,28,30,32-48H2,1-3H3/b10-7-,19-16-,20-17-,24-23-,27-26-,31-29-/t49-/m1/s1. The van der Waals surface area contributed by atoms with E-state index in [0.29, 0.717) is 19.3 Å². The minimum absolute atomic E-state index is 0.0888. The number of carbonyl (C=O) groups is 3. The molecule has 0 radical (unpaired) electrons. The molecular formula is C52H88O6. The molecule has 0 spiro atoms. The van der Waals surface area contributed by atoms with Gasteiger partial charge in [0.2, 0.25) is 0 Å². The second-order valence-electron chi connectivity index (χ2n) is 15.6. The molecular weight excluding hydrogens is 721 g/mol. The summed E-state index contributed by atoms with van der Waals surface area (Å²) in [6, 6.07) is 0. The summed E-state index contributed by atoms with van der Waals surface area (Å²) in [5.74, 6) is -0.938. The molecule has 0 unspecified atom stereocenters. The maximum Gasteiger partial charge on any atom is 0.306 e. The van der Waals surface area contributed by atoms with E-state index in [0.717, 1.165) is 109 Å². The molecule has 0 aliphatic carbocycles. The minimum Gasteiger partial charge on any atom is -0.462 e. The largest absolute Gasteiger partial charge is 0.462 e. The van der Waals surface area contributed by atoms with Crippen molar-refractivity contribution in [1.82, 2.24) is 0 Å². The molecule has 0 saturated heterocycles. The molecule has 0 bridgehead atoms. The molecule has 0 heterocycles. The Morgan fingerprint density at radius 3 is 1.12 bits per heavy atom. The summed E-state index contributed by atoms with van der Waals surface area (Å²) in [4.78, 5) is 37.7. The maximum atomic E-state index is 12.7. The normalized spacial score (nSPS) is 12.7. The van der Waals surface area contributed by atoms with E-state index >= 15 is 0 Å². The van der Waals surface area contributed by atoms with Gasteiger partial charge in [-0.1, -0.05) is 184 Å². The van der Waals surface area contributed by atoms with Gasteiger partial charge in [0.05, 0.1) is 0 Å². The minimum atomic E-state index is -0.789. The van der Waals surface area contributed by atoms with Crippen molar-refractivity contribution < 1.29 is 28.6 Å². The SMILES string of the molecule is CC/C=C\C/C=C\C/C=C\C/C=C\C/C=C\CCCCCC(=O)OC[C@@H](COC(=O)CCCCCCCCCCC)OC(=O)CCCCCCC/C=C\CCCCC. The van der Waals surface area contributed by atoms with E-state index in [2.05, 4.69) is 93.7 Å². The van der Waals surface area contributed by atoms with Crippen LogP contribution < -0.4 is 0 Å². The van der Waals surface area contributed by atoms with Crippen LogP contribution in [0.5, 0.6) is 0 Å². The molecule has 0 aromatic heterocycles. The fourth-order valence-corrected chi connectivity index (χ4v) is 6.34. The monoisotopic (exact) mass is 809 g/mol. The summed E-state index contributed by atoms with van der Waals surface area (Å²) in [5, 5.41) is 0. The number of hydrogen-bond donors (Lipinski definition) is 0. The number of hydrogen-bond acceptors (Lipinski definition) is 6. The Morgan fingerprint density at radius 1 is 0.362 bits per heavy atom. The number of carbonyl (C=O) groups excluding carboxylic acids is 3. The lowest BCUT2D eigenvalue weighted by molar-refractivity contribution is -0.167. The van der Waals surface area contributed by atoms with Crippen molar-refractivity contribution in [2.24, 2.45) is 0 Å². The molecule has 1 atom stereocenters. The molecule has 58 heavy (non-hydrogen) atoms. The quantitative estimate of drug-likeness (QED) is 0.0264. The molecule has 0 aromatic carbocycles. The van der Waals surface area contributed by atoms with Gasteiger partial charge >= 0.3 is 17.9 Å². The molecule has 6 heteroatoms. The lowest BCUT2D eigenvalue weighted by atomic mass is 10.1. The van der Waals surface area contributed by atoms with Crippen LogP contribution in [0.15, 0.2) is 72.9 Å². The predicted octanol–water partition coefficient (Wildman–Crippen LogP) is 15.5. The smallest absolute Gasteiger partial charge is 0.306 e. The molecule has 6 nitrogen and oxygen atoms in total. The van der Waals surface area contributed by atoms with Crippen LogP contribution in [-0.4, -0.2) is 37.2 Å². The second-order valence-corrected chi connectivity index (χ2v) is 15.6. The Balaban J connectivity index is 4.40. The number of rotatable bonds is 42. The summed E-state index contributed by atoms with van der Waals surface area (Å²) in [6.45, 7) is 6.43. The third-order valence-electron chi connectivity index (χ3n) is 9.95. The van der Waals surface area contributed by atoms with Crippen molar-refractivity contribution in [3.63, 3.8) is 0 Å². The van der Waals surface area contributed by atoms with Gasteiger partial charge in [-0.2, -0.15) is 0 Å². The lowest BCUT2D eigenvalue weighted by Crippen LogP contribution is -2.30. The van der Waals surface area contributed by atoms with E-state index in [1.165, 1.54) is 70.6 Å². The van der Waals surface area contributed by atoms with Gasteiger partial charge in [-0.05, 0) is 89.9 Å². The highest BCUT2D eigenvalue weighted by atomic mass is 16.6. The van der Waals surface area contributed by atoms with E-state index in [1.54, 1.807) is 0 Å². The Labute approximate surface area is 357 Å². The van der Waals surface area contributed by atoms with E-state index in [-0.39, 0.29) is 31.1 Å². The van der Waals surface area contributed by atoms with Crippen LogP contribution in [0, 0.1) is 0 Å². The van der Waals surface area contributed by atoms with Gasteiger partial charge in [0, 0.05) is 19.3 Å². The third kappa shape index (κ3) is 44.0. The summed E-state index contributed by atoms with van der Waals surface area (Å²) in [6.07, 6.45) is 57.4. The molecule has 0 amide bonds. The zero-order chi connectivity index (χ0) is 42.3. The van der Waals surface area contributed by atoms with Crippen molar-refractivity contribution in [3.05, 3.63) is 72.9 Å². The summed E-state index contributed by atoms with van der Waals surface area (Å²) >= 11 is 0. The zero-order valence-corrected chi connectivity index (χ0v) is 37.8. The van der Waals surface area contributed by atoms with Crippen molar-refractivity contribution in [2.45, 2.75) is 226 Å². The van der Waals surface area contributed by atoms with Crippen LogP contribution in [0.4, 0.5) is 0 Å². The van der Waals surface area contributed by atoms with Gasteiger partial charge in [0.25, 0.3) is 0 Å². The number of esters is 3. The van der Waals surface area contributed by atoms with Crippen molar-refractivity contribution in [1.29, 1.82) is 0 Å². The van der Waals surface area contributed by atoms with Crippen LogP contribution >= 0.6 is 0 Å². The fourth-order valence-electron chi connectivity index (χ4n) is 6.34. The van der Waals surface area contributed by atoms with Gasteiger partial charge < -0.3 is 14.2 Å². The molecule has 0 saturated carbocycles. The van der Waals surface area contributed by atoms with E-state index < -0.39 is 6.10 Å². The maximum absolute atomic E-state index is 12.7. The summed E-state index contributed by atoms with van der Waals surface area (Å²) in [7, 11) is 0. The Bertz CT molecular complexity index is 1110. The number of ether oxygens (including phenoxy) is 3. The lowest BCUT2D eigenvalue weighted by Gasteiger charge is -2.18. The van der Waals surface area contributed by atoms with E-state index in [9.17, 15) is 14.4 Å². The van der Waals surface area contributed by atoms with Crippen LogP contribution in [-0.2, 0) is 28.6 Å². The van der Waals surface area contributed by atoms with Crippen LogP contribution in [0.3, 0.4) is 0 Å². The highest BCUT2D eigenvalue weighted by molar-refractivity contribution is 5.71. The number of allylic oxidation sites excluding steroid dienone is 12. The van der Waals surface area contributed by atoms with Gasteiger partial charge in [-0.3, -0.25) is 14.4 Å². The molecule has 0 aliphatic heterocycles. The number of unbranched alkanes of at least 4 members (excludes halogenated alkanes) is 19. The van der Waals surface area contributed by atoms with Crippen molar-refractivity contribution in [2.75, 3.05) is 13.2 Å². The topological polar surface area (TPSA) is 78.9 Å².